The highest BCUT2D eigenvalue weighted by molar-refractivity contribution is 7.80. The summed E-state index contributed by atoms with van der Waals surface area (Å²) in [6.45, 7) is 3.54. The number of rotatable bonds is 6. The minimum absolute atomic E-state index is 0.0300. The molecule has 8 heteroatoms. The molecule has 4 rings (SSSR count). The van der Waals surface area contributed by atoms with Crippen LogP contribution in [0.4, 0.5) is 5.69 Å². The van der Waals surface area contributed by atoms with Gasteiger partial charge >= 0.3 is 5.97 Å². The number of nitrogens with zero attached hydrogens (tertiary/aromatic N) is 1. The van der Waals surface area contributed by atoms with Gasteiger partial charge in [0, 0.05) is 18.7 Å². The van der Waals surface area contributed by atoms with Crippen molar-refractivity contribution in [2.24, 2.45) is 0 Å². The number of aromatic amines is 1. The summed E-state index contributed by atoms with van der Waals surface area (Å²) in [6.07, 6.45) is 1.97. The van der Waals surface area contributed by atoms with Gasteiger partial charge in [-0.3, -0.25) is 4.79 Å². The number of hydrogen-bond acceptors (Lipinski definition) is 5. The first-order valence-corrected chi connectivity index (χ1v) is 11.3. The van der Waals surface area contributed by atoms with E-state index in [0.717, 1.165) is 35.9 Å². The number of carbonyl (C=O) groups is 1. The molecule has 33 heavy (non-hydrogen) atoms. The SMILES string of the molecule is COC(=O)c1ccccc1NC(=S)N(Cc1cc2cccc(C)c2[nH]c1=O)CC1CCCO1. The quantitative estimate of drug-likeness (QED) is 0.420. The van der Waals surface area contributed by atoms with Gasteiger partial charge < -0.3 is 24.7 Å². The zero-order valence-electron chi connectivity index (χ0n) is 18.7. The number of H-pyrrole nitrogens is 1. The molecule has 1 aliphatic rings. The Morgan fingerprint density at radius 1 is 1.27 bits per heavy atom. The smallest absolute Gasteiger partial charge is 0.339 e. The highest BCUT2D eigenvalue weighted by atomic mass is 32.1. The number of fused-ring (bicyclic) bond motifs is 1. The number of para-hydroxylation sites is 2. The molecule has 172 valence electrons. The van der Waals surface area contributed by atoms with Crippen LogP contribution in [0.5, 0.6) is 0 Å². The molecule has 0 bridgehead atoms. The van der Waals surface area contributed by atoms with Crippen molar-refractivity contribution < 1.29 is 14.3 Å². The van der Waals surface area contributed by atoms with E-state index in [1.807, 2.05) is 42.2 Å². The molecule has 2 aromatic carbocycles. The van der Waals surface area contributed by atoms with E-state index >= 15 is 0 Å². The number of carbonyl (C=O) groups excluding carboxylic acids is 1. The molecule has 1 unspecified atom stereocenters. The lowest BCUT2D eigenvalue weighted by Crippen LogP contribution is -2.40. The number of esters is 1. The number of aryl methyl sites for hydroxylation is 1. The molecular formula is C25H27N3O4S. The molecule has 1 fully saturated rings. The van der Waals surface area contributed by atoms with Crippen molar-refractivity contribution in [2.75, 3.05) is 25.6 Å². The maximum absolute atomic E-state index is 12.9. The van der Waals surface area contributed by atoms with Crippen molar-refractivity contribution in [3.05, 3.63) is 75.6 Å². The van der Waals surface area contributed by atoms with Gasteiger partial charge in [-0.2, -0.15) is 0 Å². The number of benzene rings is 2. The van der Waals surface area contributed by atoms with Gasteiger partial charge in [0.25, 0.3) is 5.56 Å². The minimum atomic E-state index is -0.451. The first-order valence-electron chi connectivity index (χ1n) is 10.9. The van der Waals surface area contributed by atoms with E-state index in [1.165, 1.54) is 7.11 Å². The summed E-state index contributed by atoms with van der Waals surface area (Å²) in [5.41, 5.74) is 3.25. The predicted octanol–water partition coefficient (Wildman–Crippen LogP) is 4.00. The molecule has 1 saturated heterocycles. The van der Waals surface area contributed by atoms with Gasteiger partial charge in [0.05, 0.1) is 36.5 Å². The van der Waals surface area contributed by atoms with Crippen LogP contribution in [0.2, 0.25) is 0 Å². The van der Waals surface area contributed by atoms with Crippen molar-refractivity contribution >= 4 is 39.9 Å². The number of methoxy groups -OCH3 is 1. The third kappa shape index (κ3) is 5.23. The second-order valence-corrected chi connectivity index (χ2v) is 8.53. The number of aromatic nitrogens is 1. The molecule has 0 amide bonds. The normalized spacial score (nSPS) is 15.4. The van der Waals surface area contributed by atoms with Crippen LogP contribution in [0.25, 0.3) is 10.9 Å². The van der Waals surface area contributed by atoms with Crippen LogP contribution in [-0.4, -0.2) is 47.3 Å². The van der Waals surface area contributed by atoms with Crippen LogP contribution in [-0.2, 0) is 16.0 Å². The third-order valence-corrected chi connectivity index (χ3v) is 6.20. The van der Waals surface area contributed by atoms with Gasteiger partial charge in [0.15, 0.2) is 5.11 Å². The molecule has 1 aromatic heterocycles. The minimum Gasteiger partial charge on any atom is -0.465 e. The lowest BCUT2D eigenvalue weighted by molar-refractivity contribution is 0.0602. The summed E-state index contributed by atoms with van der Waals surface area (Å²) in [6, 6.07) is 14.9. The molecule has 1 atom stereocenters. The van der Waals surface area contributed by atoms with Gasteiger partial charge in [0.1, 0.15) is 0 Å². The van der Waals surface area contributed by atoms with Gasteiger partial charge in [-0.1, -0.05) is 30.3 Å². The van der Waals surface area contributed by atoms with E-state index in [-0.39, 0.29) is 11.7 Å². The molecule has 0 spiro atoms. The lowest BCUT2D eigenvalue weighted by Gasteiger charge is -2.28. The van der Waals surface area contributed by atoms with Crippen LogP contribution in [0, 0.1) is 6.92 Å². The van der Waals surface area contributed by atoms with Crippen LogP contribution in [0.15, 0.2) is 53.3 Å². The van der Waals surface area contributed by atoms with Crippen molar-refractivity contribution in [3.63, 3.8) is 0 Å². The van der Waals surface area contributed by atoms with Gasteiger partial charge in [-0.05, 0) is 61.1 Å². The average molecular weight is 466 g/mol. The molecule has 1 aliphatic heterocycles. The summed E-state index contributed by atoms with van der Waals surface area (Å²) in [4.78, 5) is 30.0. The van der Waals surface area contributed by atoms with Crippen LogP contribution in [0.3, 0.4) is 0 Å². The van der Waals surface area contributed by atoms with Crippen molar-refractivity contribution in [2.45, 2.75) is 32.4 Å². The monoisotopic (exact) mass is 465 g/mol. The fraction of sp³-hybridized carbons (Fsp3) is 0.320. The molecular weight excluding hydrogens is 438 g/mol. The highest BCUT2D eigenvalue weighted by Crippen LogP contribution is 2.21. The highest BCUT2D eigenvalue weighted by Gasteiger charge is 2.23. The largest absolute Gasteiger partial charge is 0.465 e. The maximum Gasteiger partial charge on any atom is 0.339 e. The fourth-order valence-corrected chi connectivity index (χ4v) is 4.33. The zero-order chi connectivity index (χ0) is 23.4. The molecule has 2 heterocycles. The Morgan fingerprint density at radius 3 is 2.85 bits per heavy atom. The van der Waals surface area contributed by atoms with E-state index < -0.39 is 5.97 Å². The number of pyridine rings is 1. The van der Waals surface area contributed by atoms with E-state index in [4.69, 9.17) is 21.7 Å². The third-order valence-electron chi connectivity index (χ3n) is 5.84. The Labute approximate surface area is 197 Å². The number of ether oxygens (including phenoxy) is 2. The molecule has 7 nitrogen and oxygen atoms in total. The Morgan fingerprint density at radius 2 is 2.09 bits per heavy atom. The average Bonchev–Trinajstić information content (AvgIpc) is 3.33. The topological polar surface area (TPSA) is 83.7 Å². The fourth-order valence-electron chi connectivity index (χ4n) is 4.08. The van der Waals surface area contributed by atoms with Crippen molar-refractivity contribution in [3.8, 4) is 0 Å². The Kier molecular flexibility index (Phi) is 7.05. The van der Waals surface area contributed by atoms with Gasteiger partial charge in [-0.15, -0.1) is 0 Å². The van der Waals surface area contributed by atoms with Crippen LogP contribution >= 0.6 is 12.2 Å². The van der Waals surface area contributed by atoms with E-state index in [0.29, 0.717) is 35.0 Å². The van der Waals surface area contributed by atoms with E-state index in [2.05, 4.69) is 10.3 Å². The standard InChI is InChI=1S/C25H27N3O4S/c1-16-7-5-8-17-13-18(23(29)27-22(16)17)14-28(15-19-9-6-12-32-19)25(33)26-21-11-4-3-10-20(21)24(30)31-2/h3-5,7-8,10-11,13,19H,6,9,12,14-15H2,1-2H3,(H,26,33)(H,27,29). The summed E-state index contributed by atoms with van der Waals surface area (Å²) in [5.74, 6) is -0.451. The molecule has 2 N–H and O–H groups in total. The zero-order valence-corrected chi connectivity index (χ0v) is 19.5. The summed E-state index contributed by atoms with van der Waals surface area (Å²) >= 11 is 5.73. The van der Waals surface area contributed by atoms with Crippen LogP contribution in [0.1, 0.15) is 34.3 Å². The number of anilines is 1. The van der Waals surface area contributed by atoms with Gasteiger partial charge in [0.2, 0.25) is 0 Å². The predicted molar refractivity (Wildman–Crippen MR) is 133 cm³/mol. The van der Waals surface area contributed by atoms with Gasteiger partial charge in [-0.25, -0.2) is 4.79 Å². The first kappa shape index (κ1) is 22.9. The maximum atomic E-state index is 12.9. The summed E-state index contributed by atoms with van der Waals surface area (Å²) < 4.78 is 10.7. The second-order valence-electron chi connectivity index (χ2n) is 8.15. The Balaban J connectivity index is 1.63. The second kappa shape index (κ2) is 10.1. The molecule has 0 saturated carbocycles. The number of thiocarbonyl (C=S) groups is 1. The van der Waals surface area contributed by atoms with E-state index in [1.54, 1.807) is 18.2 Å². The van der Waals surface area contributed by atoms with Crippen LogP contribution < -0.4 is 10.9 Å². The van der Waals surface area contributed by atoms with E-state index in [9.17, 15) is 9.59 Å². The Hall–Kier alpha value is -3.23. The summed E-state index contributed by atoms with van der Waals surface area (Å²) in [7, 11) is 1.34. The molecule has 0 aliphatic carbocycles. The van der Waals surface area contributed by atoms with Crippen molar-refractivity contribution in [1.82, 2.24) is 9.88 Å². The lowest BCUT2D eigenvalue weighted by atomic mass is 10.1. The number of hydrogen-bond donors (Lipinski definition) is 2. The van der Waals surface area contributed by atoms with Crippen molar-refractivity contribution in [1.29, 1.82) is 0 Å². The summed E-state index contributed by atoms with van der Waals surface area (Å²) in [5, 5.41) is 4.55. The molecule has 0 radical (unpaired) electrons. The number of nitrogens with one attached hydrogen (secondary N) is 2. The Bertz CT molecular complexity index is 1230. The first-order chi connectivity index (χ1) is 16.0. The molecule has 3 aromatic rings.